The molecule has 0 aromatic carbocycles. The average molecular weight is 215 g/mol. The van der Waals surface area contributed by atoms with Gasteiger partial charge in [0.2, 0.25) is 0 Å². The van der Waals surface area contributed by atoms with Crippen LogP contribution in [-0.4, -0.2) is 4.98 Å². The van der Waals surface area contributed by atoms with Gasteiger partial charge in [-0.2, -0.15) is 0 Å². The van der Waals surface area contributed by atoms with Gasteiger partial charge in [-0.25, -0.2) is 0 Å². The molecular weight excluding hydrogens is 194 g/mol. The van der Waals surface area contributed by atoms with Crippen molar-refractivity contribution >= 4 is 0 Å². The SMILES string of the molecule is C=C(Cc1cnc(C)cc1C)C(C)=C(C)C. The summed E-state index contributed by atoms with van der Waals surface area (Å²) in [5, 5.41) is 0. The van der Waals surface area contributed by atoms with Crippen molar-refractivity contribution in [3.05, 3.63) is 52.4 Å². The van der Waals surface area contributed by atoms with E-state index in [-0.39, 0.29) is 0 Å². The molecule has 0 N–H and O–H groups in total. The van der Waals surface area contributed by atoms with Gasteiger partial charge in [0.15, 0.2) is 0 Å². The Kier molecular flexibility index (Phi) is 4.05. The fourth-order valence-electron chi connectivity index (χ4n) is 1.63. The van der Waals surface area contributed by atoms with Gasteiger partial charge in [-0.15, -0.1) is 0 Å². The summed E-state index contributed by atoms with van der Waals surface area (Å²) in [5.41, 5.74) is 7.48. The number of hydrogen-bond donors (Lipinski definition) is 0. The first-order valence-electron chi connectivity index (χ1n) is 5.66. The predicted molar refractivity (Wildman–Crippen MR) is 70.6 cm³/mol. The Hall–Kier alpha value is -1.37. The molecule has 0 aliphatic rings. The first kappa shape index (κ1) is 12.7. The Labute approximate surface area is 98.9 Å². The van der Waals surface area contributed by atoms with Crippen LogP contribution in [0.4, 0.5) is 0 Å². The van der Waals surface area contributed by atoms with Crippen molar-refractivity contribution in [2.24, 2.45) is 0 Å². The van der Waals surface area contributed by atoms with Gasteiger partial charge in [0.05, 0.1) is 0 Å². The van der Waals surface area contributed by atoms with Crippen molar-refractivity contribution in [3.8, 4) is 0 Å². The fourth-order valence-corrected chi connectivity index (χ4v) is 1.63. The van der Waals surface area contributed by atoms with Gasteiger partial charge in [0.1, 0.15) is 0 Å². The third-order valence-electron chi connectivity index (χ3n) is 3.04. The van der Waals surface area contributed by atoms with E-state index in [1.54, 1.807) is 0 Å². The van der Waals surface area contributed by atoms with Crippen molar-refractivity contribution in [2.75, 3.05) is 0 Å². The highest BCUT2D eigenvalue weighted by Gasteiger charge is 2.04. The number of allylic oxidation sites excluding steroid dienone is 3. The lowest BCUT2D eigenvalue weighted by Crippen LogP contribution is -1.97. The van der Waals surface area contributed by atoms with Crippen LogP contribution < -0.4 is 0 Å². The van der Waals surface area contributed by atoms with E-state index in [0.717, 1.165) is 12.1 Å². The van der Waals surface area contributed by atoms with Crippen LogP contribution >= 0.6 is 0 Å². The van der Waals surface area contributed by atoms with E-state index in [0.29, 0.717) is 0 Å². The number of aromatic nitrogens is 1. The molecule has 0 spiro atoms. The molecule has 0 radical (unpaired) electrons. The van der Waals surface area contributed by atoms with Crippen molar-refractivity contribution < 1.29 is 0 Å². The lowest BCUT2D eigenvalue weighted by Gasteiger charge is -2.10. The third-order valence-corrected chi connectivity index (χ3v) is 3.04. The summed E-state index contributed by atoms with van der Waals surface area (Å²) in [6.07, 6.45) is 2.87. The second kappa shape index (κ2) is 5.11. The van der Waals surface area contributed by atoms with E-state index in [9.17, 15) is 0 Å². The molecule has 1 heterocycles. The molecule has 0 amide bonds. The largest absolute Gasteiger partial charge is 0.261 e. The predicted octanol–water partition coefficient (Wildman–Crippen LogP) is 4.15. The van der Waals surface area contributed by atoms with Crippen molar-refractivity contribution in [2.45, 2.75) is 41.0 Å². The fraction of sp³-hybridized carbons (Fsp3) is 0.400. The van der Waals surface area contributed by atoms with Crippen LogP contribution in [0.2, 0.25) is 0 Å². The summed E-state index contributed by atoms with van der Waals surface area (Å²) in [7, 11) is 0. The molecule has 0 fully saturated rings. The first-order chi connectivity index (χ1) is 7.41. The van der Waals surface area contributed by atoms with Crippen molar-refractivity contribution in [1.82, 2.24) is 4.98 Å². The zero-order valence-electron chi connectivity index (χ0n) is 11.0. The van der Waals surface area contributed by atoms with Gasteiger partial charge < -0.3 is 0 Å². The number of rotatable bonds is 3. The molecule has 1 rings (SSSR count). The summed E-state index contributed by atoms with van der Waals surface area (Å²) >= 11 is 0. The maximum absolute atomic E-state index is 4.34. The summed E-state index contributed by atoms with van der Waals surface area (Å²) in [5.74, 6) is 0. The zero-order chi connectivity index (χ0) is 12.3. The van der Waals surface area contributed by atoms with Gasteiger partial charge in [0, 0.05) is 11.9 Å². The maximum atomic E-state index is 4.34. The number of hydrogen-bond acceptors (Lipinski definition) is 1. The van der Waals surface area contributed by atoms with Gasteiger partial charge in [0.25, 0.3) is 0 Å². The topological polar surface area (TPSA) is 12.9 Å². The molecular formula is C15H21N. The summed E-state index contributed by atoms with van der Waals surface area (Å²) in [4.78, 5) is 4.34. The van der Waals surface area contributed by atoms with Crippen LogP contribution in [0.25, 0.3) is 0 Å². The Morgan fingerprint density at radius 3 is 2.38 bits per heavy atom. The molecule has 0 atom stereocenters. The van der Waals surface area contributed by atoms with E-state index in [2.05, 4.69) is 45.3 Å². The molecule has 86 valence electrons. The molecule has 1 aromatic rings. The summed E-state index contributed by atoms with van der Waals surface area (Å²) in [6.45, 7) is 14.7. The molecule has 1 heteroatoms. The zero-order valence-corrected chi connectivity index (χ0v) is 11.0. The van der Waals surface area contributed by atoms with Gasteiger partial charge in [-0.3, -0.25) is 4.98 Å². The van der Waals surface area contributed by atoms with Gasteiger partial charge >= 0.3 is 0 Å². The number of aryl methyl sites for hydroxylation is 2. The first-order valence-corrected chi connectivity index (χ1v) is 5.66. The van der Waals surface area contributed by atoms with E-state index >= 15 is 0 Å². The highest BCUT2D eigenvalue weighted by Crippen LogP contribution is 2.19. The lowest BCUT2D eigenvalue weighted by atomic mass is 9.96. The molecule has 0 aliphatic carbocycles. The minimum Gasteiger partial charge on any atom is -0.261 e. The minimum atomic E-state index is 0.899. The van der Waals surface area contributed by atoms with Crippen LogP contribution in [0.1, 0.15) is 37.6 Å². The van der Waals surface area contributed by atoms with Gasteiger partial charge in [-0.1, -0.05) is 12.2 Å². The van der Waals surface area contributed by atoms with Crippen LogP contribution in [0.3, 0.4) is 0 Å². The van der Waals surface area contributed by atoms with Crippen LogP contribution in [0.5, 0.6) is 0 Å². The third kappa shape index (κ3) is 3.06. The highest BCUT2D eigenvalue weighted by atomic mass is 14.7. The number of pyridine rings is 1. The molecule has 1 nitrogen and oxygen atoms in total. The molecule has 0 bridgehead atoms. The monoisotopic (exact) mass is 215 g/mol. The second-order valence-electron chi connectivity index (χ2n) is 4.66. The van der Waals surface area contributed by atoms with Crippen LogP contribution in [0, 0.1) is 13.8 Å². The standard InChI is InChI=1S/C15H21N/c1-10(2)14(6)11(3)8-15-9-16-13(5)7-12(15)4/h7,9H,3,8H2,1-2,4-6H3. The highest BCUT2D eigenvalue weighted by molar-refractivity contribution is 5.37. The van der Waals surface area contributed by atoms with E-state index in [1.807, 2.05) is 13.1 Å². The van der Waals surface area contributed by atoms with Crippen molar-refractivity contribution in [1.29, 1.82) is 0 Å². The Morgan fingerprint density at radius 2 is 1.88 bits per heavy atom. The van der Waals surface area contributed by atoms with Crippen molar-refractivity contribution in [3.63, 3.8) is 0 Å². The smallest absolute Gasteiger partial charge is 0.0375 e. The average Bonchev–Trinajstić information content (AvgIpc) is 2.20. The normalized spacial score (nSPS) is 10.1. The molecule has 16 heavy (non-hydrogen) atoms. The van der Waals surface area contributed by atoms with Crippen LogP contribution in [-0.2, 0) is 6.42 Å². The molecule has 0 saturated heterocycles. The van der Waals surface area contributed by atoms with Gasteiger partial charge in [-0.05, 0) is 69.4 Å². The summed E-state index contributed by atoms with van der Waals surface area (Å²) in [6, 6.07) is 2.13. The number of nitrogens with zero attached hydrogens (tertiary/aromatic N) is 1. The molecule has 0 unspecified atom stereocenters. The second-order valence-corrected chi connectivity index (χ2v) is 4.66. The molecule has 0 saturated carbocycles. The Morgan fingerprint density at radius 1 is 1.25 bits per heavy atom. The van der Waals surface area contributed by atoms with E-state index in [4.69, 9.17) is 0 Å². The quantitative estimate of drug-likeness (QED) is 0.690. The Bertz CT molecular complexity index is 435. The van der Waals surface area contributed by atoms with Crippen LogP contribution in [0.15, 0.2) is 35.6 Å². The minimum absolute atomic E-state index is 0.899. The maximum Gasteiger partial charge on any atom is 0.0375 e. The molecule has 1 aromatic heterocycles. The Balaban J connectivity index is 2.90. The van der Waals surface area contributed by atoms with E-state index < -0.39 is 0 Å². The lowest BCUT2D eigenvalue weighted by molar-refractivity contribution is 1.05. The van der Waals surface area contributed by atoms with E-state index in [1.165, 1.54) is 27.8 Å². The summed E-state index contributed by atoms with van der Waals surface area (Å²) < 4.78 is 0. The molecule has 0 aliphatic heterocycles.